The number of hydrogen-bond donors (Lipinski definition) is 2. The molecule has 8 heteroatoms. The van der Waals surface area contributed by atoms with Crippen LogP contribution in [0.15, 0.2) is 24.3 Å². The Hall–Kier alpha value is -2.16. The number of hydrogen-bond acceptors (Lipinski definition) is 5. The van der Waals surface area contributed by atoms with E-state index in [0.29, 0.717) is 23.7 Å². The number of amides is 3. The van der Waals surface area contributed by atoms with E-state index < -0.39 is 6.10 Å². The Bertz CT molecular complexity index is 820. The first-order chi connectivity index (χ1) is 12.4. The Morgan fingerprint density at radius 2 is 2.08 bits per heavy atom. The predicted octanol–water partition coefficient (Wildman–Crippen LogP) is 2.22. The van der Waals surface area contributed by atoms with Gasteiger partial charge < -0.3 is 25.0 Å². The van der Waals surface area contributed by atoms with E-state index in [4.69, 9.17) is 4.74 Å². The topological polar surface area (TPSA) is 82.1 Å². The van der Waals surface area contributed by atoms with Crippen molar-refractivity contribution in [3.05, 3.63) is 29.1 Å². The van der Waals surface area contributed by atoms with Gasteiger partial charge >= 0.3 is 6.03 Å². The van der Waals surface area contributed by atoms with Gasteiger partial charge in [-0.05, 0) is 36.6 Å². The lowest BCUT2D eigenvalue weighted by molar-refractivity contribution is 0.0832. The third kappa shape index (κ3) is 3.67. The first kappa shape index (κ1) is 18.6. The zero-order valence-electron chi connectivity index (χ0n) is 15.1. The fourth-order valence-electron chi connectivity index (χ4n) is 3.00. The van der Waals surface area contributed by atoms with Gasteiger partial charge in [0.2, 0.25) is 0 Å². The molecule has 1 fully saturated rings. The van der Waals surface area contributed by atoms with Crippen molar-refractivity contribution in [1.29, 1.82) is 0 Å². The van der Waals surface area contributed by atoms with Gasteiger partial charge in [-0.2, -0.15) is 0 Å². The average Bonchev–Trinajstić information content (AvgIpc) is 3.21. The van der Waals surface area contributed by atoms with Crippen molar-refractivity contribution in [3.8, 4) is 0 Å². The second kappa shape index (κ2) is 7.61. The van der Waals surface area contributed by atoms with Crippen LogP contribution in [0.1, 0.15) is 16.6 Å². The summed E-state index contributed by atoms with van der Waals surface area (Å²) in [5.41, 5.74) is 0.649. The normalized spacial score (nSPS) is 19.5. The van der Waals surface area contributed by atoms with Gasteiger partial charge in [-0.25, -0.2) is 4.79 Å². The molecule has 0 unspecified atom stereocenters. The molecule has 26 heavy (non-hydrogen) atoms. The molecule has 0 radical (unpaired) electrons. The molecule has 1 aromatic carbocycles. The lowest BCUT2D eigenvalue weighted by Crippen LogP contribution is -2.48. The van der Waals surface area contributed by atoms with Crippen LogP contribution in [-0.4, -0.2) is 72.8 Å². The smallest absolute Gasteiger partial charge is 0.322 e. The number of thiophene rings is 1. The molecule has 1 aliphatic rings. The molecule has 1 aromatic heterocycles. The highest BCUT2D eigenvalue weighted by atomic mass is 32.1. The van der Waals surface area contributed by atoms with Crippen molar-refractivity contribution in [2.45, 2.75) is 19.1 Å². The molecule has 7 nitrogen and oxygen atoms in total. The van der Waals surface area contributed by atoms with Gasteiger partial charge in [0.15, 0.2) is 0 Å². The SMILES string of the molecule is CCN(C(=O)Nc1ccc2sc(C(=O)N(C)C)cc2c1)[C@H]1COC[C@@H]1O. The largest absolute Gasteiger partial charge is 0.388 e. The van der Waals surface area contributed by atoms with Crippen molar-refractivity contribution in [2.24, 2.45) is 0 Å². The Morgan fingerprint density at radius 3 is 2.69 bits per heavy atom. The summed E-state index contributed by atoms with van der Waals surface area (Å²) in [6.45, 7) is 2.92. The Labute approximate surface area is 156 Å². The van der Waals surface area contributed by atoms with Crippen molar-refractivity contribution in [3.63, 3.8) is 0 Å². The number of carbonyl (C=O) groups is 2. The molecule has 0 spiro atoms. The molecule has 0 bridgehead atoms. The fraction of sp³-hybridized carbons (Fsp3) is 0.444. The number of aliphatic hydroxyl groups excluding tert-OH is 1. The number of benzene rings is 1. The van der Waals surface area contributed by atoms with E-state index in [1.807, 2.05) is 31.2 Å². The maximum Gasteiger partial charge on any atom is 0.322 e. The molecular weight excluding hydrogens is 354 g/mol. The van der Waals surface area contributed by atoms with E-state index in [1.165, 1.54) is 11.3 Å². The quantitative estimate of drug-likeness (QED) is 0.856. The lowest BCUT2D eigenvalue weighted by atomic mass is 10.2. The number of urea groups is 1. The molecule has 2 aromatic rings. The van der Waals surface area contributed by atoms with Crippen LogP contribution >= 0.6 is 11.3 Å². The molecule has 3 amide bonds. The first-order valence-electron chi connectivity index (χ1n) is 8.49. The Morgan fingerprint density at radius 1 is 1.31 bits per heavy atom. The van der Waals surface area contributed by atoms with Crippen LogP contribution in [-0.2, 0) is 4.74 Å². The maximum absolute atomic E-state index is 12.6. The molecule has 1 aliphatic heterocycles. The number of likely N-dealkylation sites (N-methyl/N-ethyl adjacent to an activating group) is 1. The van der Waals surface area contributed by atoms with Crippen LogP contribution in [0.25, 0.3) is 10.1 Å². The van der Waals surface area contributed by atoms with Gasteiger partial charge in [0, 0.05) is 31.0 Å². The minimum atomic E-state index is -0.667. The van der Waals surface area contributed by atoms with E-state index in [-0.39, 0.29) is 24.6 Å². The molecule has 1 saturated heterocycles. The summed E-state index contributed by atoms with van der Waals surface area (Å²) in [5, 5.41) is 13.7. The van der Waals surface area contributed by atoms with Crippen LogP contribution in [0.4, 0.5) is 10.5 Å². The van der Waals surface area contributed by atoms with E-state index >= 15 is 0 Å². The summed E-state index contributed by atoms with van der Waals surface area (Å²) >= 11 is 1.43. The zero-order chi connectivity index (χ0) is 18.8. The average molecular weight is 377 g/mol. The van der Waals surface area contributed by atoms with Crippen LogP contribution in [0, 0.1) is 0 Å². The summed E-state index contributed by atoms with van der Waals surface area (Å²) in [5.74, 6) is -0.0378. The van der Waals surface area contributed by atoms with Gasteiger partial charge in [0.05, 0.1) is 30.2 Å². The highest BCUT2D eigenvalue weighted by Gasteiger charge is 2.33. The molecule has 2 N–H and O–H groups in total. The minimum Gasteiger partial charge on any atom is -0.388 e. The molecule has 140 valence electrons. The number of rotatable bonds is 4. The number of ether oxygens (including phenoxy) is 1. The number of anilines is 1. The predicted molar refractivity (Wildman–Crippen MR) is 102 cm³/mol. The number of aliphatic hydroxyl groups is 1. The van der Waals surface area contributed by atoms with Crippen molar-refractivity contribution in [1.82, 2.24) is 9.80 Å². The number of nitrogens with one attached hydrogen (secondary N) is 1. The fourth-order valence-corrected chi connectivity index (χ4v) is 4.06. The van der Waals surface area contributed by atoms with Gasteiger partial charge in [0.1, 0.15) is 0 Å². The van der Waals surface area contributed by atoms with Gasteiger partial charge in [0.25, 0.3) is 5.91 Å². The third-order valence-electron chi connectivity index (χ3n) is 4.41. The number of nitrogens with zero attached hydrogens (tertiary/aromatic N) is 2. The highest BCUT2D eigenvalue weighted by Crippen LogP contribution is 2.29. The number of fused-ring (bicyclic) bond motifs is 1. The van der Waals surface area contributed by atoms with Crippen LogP contribution in [0.5, 0.6) is 0 Å². The van der Waals surface area contributed by atoms with E-state index in [1.54, 1.807) is 23.9 Å². The van der Waals surface area contributed by atoms with E-state index in [9.17, 15) is 14.7 Å². The molecule has 0 aliphatic carbocycles. The summed E-state index contributed by atoms with van der Waals surface area (Å²) in [4.78, 5) is 28.5. The standard InChI is InChI=1S/C18H23N3O4S/c1-4-21(13-9-25-10-14(13)22)18(24)19-12-5-6-15-11(7-12)8-16(26-15)17(23)20(2)3/h5-8,13-14,22H,4,9-10H2,1-3H3,(H,19,24)/t13-,14-/m0/s1. The van der Waals surface area contributed by atoms with Gasteiger partial charge in [-0.15, -0.1) is 11.3 Å². The van der Waals surface area contributed by atoms with Crippen molar-refractivity contribution < 1.29 is 19.4 Å². The second-order valence-corrected chi connectivity index (χ2v) is 7.53. The van der Waals surface area contributed by atoms with Gasteiger partial charge in [-0.3, -0.25) is 4.79 Å². The molecule has 2 atom stereocenters. The monoisotopic (exact) mass is 377 g/mol. The minimum absolute atomic E-state index is 0.0378. The first-order valence-corrected chi connectivity index (χ1v) is 9.31. The van der Waals surface area contributed by atoms with Crippen molar-refractivity contribution >= 4 is 39.0 Å². The van der Waals surface area contributed by atoms with Gasteiger partial charge in [-0.1, -0.05) is 0 Å². The highest BCUT2D eigenvalue weighted by molar-refractivity contribution is 7.20. The summed E-state index contributed by atoms with van der Waals surface area (Å²) < 4.78 is 6.23. The Balaban J connectivity index is 1.77. The summed E-state index contributed by atoms with van der Waals surface area (Å²) in [6.07, 6.45) is -0.667. The summed E-state index contributed by atoms with van der Waals surface area (Å²) in [7, 11) is 3.44. The molecule has 2 heterocycles. The third-order valence-corrected chi connectivity index (χ3v) is 5.51. The van der Waals surface area contributed by atoms with Crippen LogP contribution in [0.3, 0.4) is 0 Å². The second-order valence-electron chi connectivity index (χ2n) is 6.45. The van der Waals surface area contributed by atoms with Crippen molar-refractivity contribution in [2.75, 3.05) is 39.2 Å². The maximum atomic E-state index is 12.6. The Kier molecular flexibility index (Phi) is 5.45. The van der Waals surface area contributed by atoms with E-state index in [0.717, 1.165) is 10.1 Å². The van der Waals surface area contributed by atoms with Crippen LogP contribution < -0.4 is 5.32 Å². The zero-order valence-corrected chi connectivity index (χ0v) is 15.9. The van der Waals surface area contributed by atoms with Crippen LogP contribution in [0.2, 0.25) is 0 Å². The summed E-state index contributed by atoms with van der Waals surface area (Å²) in [6, 6.07) is 6.79. The molecular formula is C18H23N3O4S. The van der Waals surface area contributed by atoms with E-state index in [2.05, 4.69) is 5.32 Å². The molecule has 3 rings (SSSR count). The lowest BCUT2D eigenvalue weighted by Gasteiger charge is -2.28. The molecule has 0 saturated carbocycles. The number of carbonyl (C=O) groups excluding carboxylic acids is 2.